The topological polar surface area (TPSA) is 59.6 Å². The zero-order valence-electron chi connectivity index (χ0n) is 15.4. The quantitative estimate of drug-likeness (QED) is 0.576. The summed E-state index contributed by atoms with van der Waals surface area (Å²) in [5.74, 6) is 0.0764. The minimum atomic E-state index is 0.0147. The van der Waals surface area contributed by atoms with Gasteiger partial charge in [-0.2, -0.15) is 0 Å². The maximum Gasteiger partial charge on any atom is 0.222 e. The summed E-state index contributed by atoms with van der Waals surface area (Å²) in [5.41, 5.74) is 2.28. The Hall–Kier alpha value is -1.43. The van der Waals surface area contributed by atoms with E-state index >= 15 is 0 Å². The van der Waals surface area contributed by atoms with Crippen LogP contribution in [0.15, 0.2) is 24.3 Å². The minimum Gasteiger partial charge on any atom is -0.375 e. The van der Waals surface area contributed by atoms with Crippen molar-refractivity contribution in [3.8, 4) is 0 Å². The first-order valence-electron chi connectivity index (χ1n) is 8.73. The third-order valence-electron chi connectivity index (χ3n) is 3.43. The number of hydrogen-bond donors (Lipinski definition) is 2. The van der Waals surface area contributed by atoms with Crippen LogP contribution in [0.2, 0.25) is 0 Å². The molecule has 0 saturated carbocycles. The highest BCUT2D eigenvalue weighted by Crippen LogP contribution is 2.07. The van der Waals surface area contributed by atoms with Crippen molar-refractivity contribution in [2.24, 2.45) is 5.92 Å². The molecule has 0 spiro atoms. The largest absolute Gasteiger partial charge is 0.375 e. The van der Waals surface area contributed by atoms with Crippen molar-refractivity contribution >= 4 is 5.91 Å². The molecular formula is C19H32N2O3. The van der Waals surface area contributed by atoms with E-state index in [0.717, 1.165) is 17.7 Å². The molecular weight excluding hydrogens is 304 g/mol. The standard InChI is InChI=1S/C19H32N2O3/c1-15(2)19(22)21-10-12-24-14-18-7-5-17(6-8-18)13-23-11-9-20-16(3)4/h5-8,15-16,20H,9-14H2,1-4H3,(H,21,22). The lowest BCUT2D eigenvalue weighted by Crippen LogP contribution is -2.30. The minimum absolute atomic E-state index is 0.0147. The third kappa shape index (κ3) is 9.65. The molecule has 1 aromatic rings. The molecule has 1 rings (SSSR count). The zero-order chi connectivity index (χ0) is 17.8. The highest BCUT2D eigenvalue weighted by atomic mass is 16.5. The van der Waals surface area contributed by atoms with Crippen LogP contribution in [0, 0.1) is 5.92 Å². The van der Waals surface area contributed by atoms with E-state index in [1.165, 1.54) is 0 Å². The van der Waals surface area contributed by atoms with Crippen molar-refractivity contribution in [3.05, 3.63) is 35.4 Å². The van der Waals surface area contributed by atoms with Gasteiger partial charge in [0.2, 0.25) is 5.91 Å². The Balaban J connectivity index is 2.12. The lowest BCUT2D eigenvalue weighted by molar-refractivity contribution is -0.124. The predicted octanol–water partition coefficient (Wildman–Crippen LogP) is 2.49. The van der Waals surface area contributed by atoms with Crippen LogP contribution in [-0.4, -0.2) is 38.3 Å². The maximum atomic E-state index is 11.4. The van der Waals surface area contributed by atoms with Gasteiger partial charge in [0.1, 0.15) is 0 Å². The van der Waals surface area contributed by atoms with E-state index in [1.54, 1.807) is 0 Å². The fourth-order valence-corrected chi connectivity index (χ4v) is 1.98. The fourth-order valence-electron chi connectivity index (χ4n) is 1.98. The van der Waals surface area contributed by atoms with Gasteiger partial charge >= 0.3 is 0 Å². The Morgan fingerprint density at radius 3 is 1.88 bits per heavy atom. The van der Waals surface area contributed by atoms with Crippen LogP contribution in [0.3, 0.4) is 0 Å². The molecule has 0 aliphatic heterocycles. The van der Waals surface area contributed by atoms with E-state index in [0.29, 0.717) is 39.0 Å². The summed E-state index contributed by atoms with van der Waals surface area (Å²) in [7, 11) is 0. The van der Waals surface area contributed by atoms with Gasteiger partial charge in [-0.25, -0.2) is 0 Å². The smallest absolute Gasteiger partial charge is 0.222 e. The summed E-state index contributed by atoms with van der Waals surface area (Å²) in [6, 6.07) is 8.73. The van der Waals surface area contributed by atoms with Crippen molar-refractivity contribution in [1.82, 2.24) is 10.6 Å². The molecule has 0 fully saturated rings. The summed E-state index contributed by atoms with van der Waals surface area (Å²) in [6.45, 7) is 11.8. The van der Waals surface area contributed by atoms with Gasteiger partial charge in [-0.05, 0) is 11.1 Å². The second kappa shape index (κ2) is 12.0. The van der Waals surface area contributed by atoms with Crippen LogP contribution >= 0.6 is 0 Å². The molecule has 0 aliphatic carbocycles. The summed E-state index contributed by atoms with van der Waals surface area (Å²) in [5, 5.41) is 6.15. The van der Waals surface area contributed by atoms with E-state index in [1.807, 2.05) is 13.8 Å². The zero-order valence-corrected chi connectivity index (χ0v) is 15.4. The number of ether oxygens (including phenoxy) is 2. The van der Waals surface area contributed by atoms with Crippen LogP contribution in [0.5, 0.6) is 0 Å². The molecule has 0 radical (unpaired) electrons. The molecule has 0 aliphatic rings. The summed E-state index contributed by atoms with van der Waals surface area (Å²) >= 11 is 0. The van der Waals surface area contributed by atoms with Crippen LogP contribution in [0.1, 0.15) is 38.8 Å². The van der Waals surface area contributed by atoms with Crippen LogP contribution in [-0.2, 0) is 27.5 Å². The van der Waals surface area contributed by atoms with E-state index in [4.69, 9.17) is 9.47 Å². The highest BCUT2D eigenvalue weighted by Gasteiger charge is 2.04. The average Bonchev–Trinajstić information content (AvgIpc) is 2.55. The molecule has 5 heteroatoms. The summed E-state index contributed by atoms with van der Waals surface area (Å²) < 4.78 is 11.2. The number of nitrogens with one attached hydrogen (secondary N) is 2. The number of benzene rings is 1. The number of hydrogen-bond acceptors (Lipinski definition) is 4. The molecule has 0 bridgehead atoms. The number of rotatable bonds is 12. The third-order valence-corrected chi connectivity index (χ3v) is 3.43. The highest BCUT2D eigenvalue weighted by molar-refractivity contribution is 5.77. The number of carbonyl (C=O) groups excluding carboxylic acids is 1. The summed E-state index contributed by atoms with van der Waals surface area (Å²) in [6.07, 6.45) is 0. The van der Waals surface area contributed by atoms with Gasteiger partial charge in [0.15, 0.2) is 0 Å². The molecule has 1 aromatic carbocycles. The average molecular weight is 336 g/mol. The molecule has 1 amide bonds. The van der Waals surface area contributed by atoms with Gasteiger partial charge in [0.05, 0.1) is 26.4 Å². The van der Waals surface area contributed by atoms with Crippen LogP contribution < -0.4 is 10.6 Å². The molecule has 2 N–H and O–H groups in total. The lowest BCUT2D eigenvalue weighted by atomic mass is 10.1. The van der Waals surface area contributed by atoms with Crippen LogP contribution in [0.4, 0.5) is 0 Å². The second-order valence-corrected chi connectivity index (χ2v) is 6.48. The molecule has 5 nitrogen and oxygen atoms in total. The predicted molar refractivity (Wildman–Crippen MR) is 96.7 cm³/mol. The number of carbonyl (C=O) groups is 1. The van der Waals surface area contributed by atoms with Gasteiger partial charge in [-0.1, -0.05) is 52.0 Å². The summed E-state index contributed by atoms with van der Waals surface area (Å²) in [4.78, 5) is 11.4. The van der Waals surface area contributed by atoms with Crippen molar-refractivity contribution in [2.45, 2.75) is 47.0 Å². The van der Waals surface area contributed by atoms with Gasteiger partial charge in [0.25, 0.3) is 0 Å². The fraction of sp³-hybridized carbons (Fsp3) is 0.632. The Kier molecular flexibility index (Phi) is 10.3. The second-order valence-electron chi connectivity index (χ2n) is 6.48. The van der Waals surface area contributed by atoms with E-state index in [-0.39, 0.29) is 11.8 Å². The lowest BCUT2D eigenvalue weighted by Gasteiger charge is -2.10. The maximum absolute atomic E-state index is 11.4. The van der Waals surface area contributed by atoms with Crippen molar-refractivity contribution in [2.75, 3.05) is 26.3 Å². The molecule has 0 aromatic heterocycles. The molecule has 0 heterocycles. The molecule has 136 valence electrons. The van der Waals surface area contributed by atoms with Crippen LogP contribution in [0.25, 0.3) is 0 Å². The number of amides is 1. The van der Waals surface area contributed by atoms with Gasteiger partial charge in [-0.15, -0.1) is 0 Å². The van der Waals surface area contributed by atoms with Gasteiger partial charge < -0.3 is 20.1 Å². The Morgan fingerprint density at radius 1 is 0.917 bits per heavy atom. The molecule has 0 atom stereocenters. The van der Waals surface area contributed by atoms with Crippen molar-refractivity contribution in [3.63, 3.8) is 0 Å². The molecule has 24 heavy (non-hydrogen) atoms. The normalized spacial score (nSPS) is 11.2. The van der Waals surface area contributed by atoms with Gasteiger partial charge in [0, 0.05) is 25.0 Å². The van der Waals surface area contributed by atoms with Crippen molar-refractivity contribution < 1.29 is 14.3 Å². The monoisotopic (exact) mass is 336 g/mol. The molecule has 0 saturated heterocycles. The first kappa shape index (κ1) is 20.6. The van der Waals surface area contributed by atoms with E-state index in [2.05, 4.69) is 48.7 Å². The Morgan fingerprint density at radius 2 is 1.42 bits per heavy atom. The van der Waals surface area contributed by atoms with E-state index < -0.39 is 0 Å². The molecule has 0 unspecified atom stereocenters. The van der Waals surface area contributed by atoms with E-state index in [9.17, 15) is 4.79 Å². The van der Waals surface area contributed by atoms with Gasteiger partial charge in [-0.3, -0.25) is 4.79 Å². The first-order valence-corrected chi connectivity index (χ1v) is 8.73. The first-order chi connectivity index (χ1) is 11.5. The SMILES string of the molecule is CC(C)NCCOCc1ccc(COCCNC(=O)C(C)C)cc1. The van der Waals surface area contributed by atoms with Crippen molar-refractivity contribution in [1.29, 1.82) is 0 Å². The Bertz CT molecular complexity index is 458. The Labute approximate surface area is 146 Å².